The third-order valence-corrected chi connectivity index (χ3v) is 10.3. The fourth-order valence-electron chi connectivity index (χ4n) is 8.17. The fraction of sp³-hybridized carbons (Fsp3) is 0. The Hall–Kier alpha value is -6.58. The second kappa shape index (κ2) is 9.96. The summed E-state index contributed by atoms with van der Waals surface area (Å²) in [5, 5.41) is 9.83. The molecule has 0 bridgehead atoms. The first-order valence-corrected chi connectivity index (χ1v) is 16.8. The average molecular weight is 625 g/mol. The van der Waals surface area contributed by atoms with Gasteiger partial charge in [-0.3, -0.25) is 0 Å². The Balaban J connectivity index is 1.19. The van der Waals surface area contributed by atoms with Crippen molar-refractivity contribution in [2.45, 2.75) is 0 Å². The van der Waals surface area contributed by atoms with E-state index in [9.17, 15) is 0 Å². The van der Waals surface area contributed by atoms with E-state index in [-0.39, 0.29) is 0 Å². The molecule has 11 aromatic rings. The molecule has 0 saturated heterocycles. The van der Waals surface area contributed by atoms with Gasteiger partial charge in [0.1, 0.15) is 11.2 Å². The number of aromatic nitrogens is 2. The minimum Gasteiger partial charge on any atom is -0.456 e. The normalized spacial score (nSPS) is 12.1. The monoisotopic (exact) mass is 624 g/mol. The van der Waals surface area contributed by atoms with Gasteiger partial charge in [-0.25, -0.2) is 0 Å². The Morgan fingerprint density at radius 2 is 1.04 bits per heavy atom. The summed E-state index contributed by atoms with van der Waals surface area (Å²) in [6.45, 7) is 0. The van der Waals surface area contributed by atoms with E-state index in [1.807, 2.05) is 12.1 Å². The Labute approximate surface area is 281 Å². The van der Waals surface area contributed by atoms with Crippen LogP contribution in [0.3, 0.4) is 0 Å². The standard InChI is InChI=1S/C46H28N2O/c1-2-12-31(13-3-1)48-42-28-41-38(27-39(42)36-26-23-29-11-4-5-14-34(29)46(36)48)35-15-6-8-18-40(35)47(41)32-24-21-30(22-25-32)33-17-10-20-44-45(33)37-16-7-9-19-43(37)49-44/h1-28H. The smallest absolute Gasteiger partial charge is 0.136 e. The van der Waals surface area contributed by atoms with Gasteiger partial charge >= 0.3 is 0 Å². The minimum absolute atomic E-state index is 0.913. The topological polar surface area (TPSA) is 23.0 Å². The van der Waals surface area contributed by atoms with E-state index < -0.39 is 0 Å². The Kier molecular flexibility index (Phi) is 5.38. The van der Waals surface area contributed by atoms with Crippen molar-refractivity contribution in [2.75, 3.05) is 0 Å². The van der Waals surface area contributed by atoms with Gasteiger partial charge in [-0.2, -0.15) is 0 Å². The van der Waals surface area contributed by atoms with E-state index >= 15 is 0 Å². The Morgan fingerprint density at radius 1 is 0.367 bits per heavy atom. The highest BCUT2D eigenvalue weighted by Gasteiger charge is 2.20. The fourth-order valence-corrected chi connectivity index (χ4v) is 8.17. The molecule has 49 heavy (non-hydrogen) atoms. The van der Waals surface area contributed by atoms with E-state index in [2.05, 4.69) is 167 Å². The zero-order valence-electron chi connectivity index (χ0n) is 26.5. The first kappa shape index (κ1) is 26.5. The van der Waals surface area contributed by atoms with Crippen LogP contribution < -0.4 is 0 Å². The van der Waals surface area contributed by atoms with Gasteiger partial charge in [-0.15, -0.1) is 0 Å². The van der Waals surface area contributed by atoms with Crippen LogP contribution in [-0.4, -0.2) is 9.13 Å². The summed E-state index contributed by atoms with van der Waals surface area (Å²) < 4.78 is 11.1. The van der Waals surface area contributed by atoms with Crippen molar-refractivity contribution in [1.29, 1.82) is 0 Å². The second-order valence-corrected chi connectivity index (χ2v) is 12.9. The van der Waals surface area contributed by atoms with Crippen LogP contribution >= 0.6 is 0 Å². The first-order chi connectivity index (χ1) is 24.3. The molecule has 0 aliphatic rings. The average Bonchev–Trinajstić information content (AvgIpc) is 3.82. The van der Waals surface area contributed by atoms with Gasteiger partial charge in [0.05, 0.1) is 22.1 Å². The van der Waals surface area contributed by atoms with E-state index in [1.165, 1.54) is 65.5 Å². The predicted molar refractivity (Wildman–Crippen MR) is 205 cm³/mol. The predicted octanol–water partition coefficient (Wildman–Crippen LogP) is 12.6. The molecule has 0 saturated carbocycles. The maximum atomic E-state index is 6.21. The molecule has 3 heterocycles. The number of hydrogen-bond acceptors (Lipinski definition) is 1. The molecular weight excluding hydrogens is 597 g/mol. The van der Waals surface area contributed by atoms with Gasteiger partial charge in [0, 0.05) is 49.1 Å². The maximum Gasteiger partial charge on any atom is 0.136 e. The summed E-state index contributed by atoms with van der Waals surface area (Å²) >= 11 is 0. The van der Waals surface area contributed by atoms with Crippen molar-refractivity contribution in [3.05, 3.63) is 170 Å². The number of hydrogen-bond donors (Lipinski definition) is 0. The van der Waals surface area contributed by atoms with Crippen molar-refractivity contribution in [3.8, 4) is 22.5 Å². The molecule has 0 amide bonds. The van der Waals surface area contributed by atoms with Gasteiger partial charge in [-0.1, -0.05) is 115 Å². The van der Waals surface area contributed by atoms with Crippen LogP contribution in [0.1, 0.15) is 0 Å². The maximum absolute atomic E-state index is 6.21. The van der Waals surface area contributed by atoms with Crippen molar-refractivity contribution in [1.82, 2.24) is 9.13 Å². The highest BCUT2D eigenvalue weighted by molar-refractivity contribution is 6.23. The lowest BCUT2D eigenvalue weighted by Gasteiger charge is -2.12. The summed E-state index contributed by atoms with van der Waals surface area (Å²) in [6.07, 6.45) is 0. The van der Waals surface area contributed by atoms with Crippen LogP contribution in [0.5, 0.6) is 0 Å². The highest BCUT2D eigenvalue weighted by Crippen LogP contribution is 2.42. The van der Waals surface area contributed by atoms with Crippen LogP contribution in [0.4, 0.5) is 0 Å². The molecule has 0 atom stereocenters. The van der Waals surface area contributed by atoms with Crippen LogP contribution in [0.15, 0.2) is 174 Å². The largest absolute Gasteiger partial charge is 0.456 e. The van der Waals surface area contributed by atoms with Gasteiger partial charge < -0.3 is 13.6 Å². The van der Waals surface area contributed by atoms with Crippen molar-refractivity contribution in [3.63, 3.8) is 0 Å². The van der Waals surface area contributed by atoms with Crippen molar-refractivity contribution >= 4 is 76.3 Å². The number of rotatable bonds is 3. The molecule has 0 radical (unpaired) electrons. The van der Waals surface area contributed by atoms with Crippen LogP contribution in [0.2, 0.25) is 0 Å². The van der Waals surface area contributed by atoms with Gasteiger partial charge in [0.25, 0.3) is 0 Å². The van der Waals surface area contributed by atoms with Crippen LogP contribution in [0.25, 0.3) is 98.8 Å². The summed E-state index contributed by atoms with van der Waals surface area (Å²) in [5.74, 6) is 0. The van der Waals surface area contributed by atoms with Crippen molar-refractivity contribution in [2.24, 2.45) is 0 Å². The SMILES string of the molecule is c1ccc(-n2c3cc4c(cc3c3ccc5ccccc5c32)c2ccccc2n4-c2ccc(-c3cccc4oc5ccccc5c34)cc2)cc1. The lowest BCUT2D eigenvalue weighted by molar-refractivity contribution is 0.669. The van der Waals surface area contributed by atoms with Gasteiger partial charge in [-0.05, 0) is 71.1 Å². The minimum atomic E-state index is 0.913. The summed E-state index contributed by atoms with van der Waals surface area (Å²) in [6, 6.07) is 61.3. The Morgan fingerprint density at radius 3 is 1.92 bits per heavy atom. The molecule has 3 nitrogen and oxygen atoms in total. The lowest BCUT2D eigenvalue weighted by atomic mass is 9.99. The lowest BCUT2D eigenvalue weighted by Crippen LogP contribution is -1.96. The quantitative estimate of drug-likeness (QED) is 0.192. The highest BCUT2D eigenvalue weighted by atomic mass is 16.3. The summed E-state index contributed by atoms with van der Waals surface area (Å²) in [5.41, 5.74) is 11.3. The molecule has 0 N–H and O–H groups in total. The molecule has 8 aromatic carbocycles. The molecular formula is C46H28N2O. The van der Waals surface area contributed by atoms with E-state index in [0.717, 1.165) is 33.3 Å². The molecule has 0 aliphatic carbocycles. The van der Waals surface area contributed by atoms with E-state index in [0.29, 0.717) is 0 Å². The zero-order valence-corrected chi connectivity index (χ0v) is 26.5. The number of furan rings is 1. The molecule has 3 aromatic heterocycles. The van der Waals surface area contributed by atoms with Crippen molar-refractivity contribution < 1.29 is 4.42 Å². The Bertz CT molecular complexity index is 3090. The number of para-hydroxylation sites is 3. The third kappa shape index (κ3) is 3.73. The number of benzene rings is 8. The van der Waals surface area contributed by atoms with E-state index in [4.69, 9.17) is 4.42 Å². The van der Waals surface area contributed by atoms with Gasteiger partial charge in [0.2, 0.25) is 0 Å². The molecule has 3 heteroatoms. The molecule has 228 valence electrons. The molecule has 0 aliphatic heterocycles. The molecule has 11 rings (SSSR count). The third-order valence-electron chi connectivity index (χ3n) is 10.3. The second-order valence-electron chi connectivity index (χ2n) is 12.9. The zero-order chi connectivity index (χ0) is 32.1. The molecule has 0 spiro atoms. The first-order valence-electron chi connectivity index (χ1n) is 16.8. The summed E-state index contributed by atoms with van der Waals surface area (Å²) in [4.78, 5) is 0. The molecule has 0 unspecified atom stereocenters. The van der Waals surface area contributed by atoms with Gasteiger partial charge in [0.15, 0.2) is 0 Å². The van der Waals surface area contributed by atoms with Crippen LogP contribution in [0, 0.1) is 0 Å². The van der Waals surface area contributed by atoms with E-state index in [1.54, 1.807) is 0 Å². The number of nitrogens with zero attached hydrogens (tertiary/aromatic N) is 2. The molecule has 0 fully saturated rings. The number of fused-ring (bicyclic) bond motifs is 11. The summed E-state index contributed by atoms with van der Waals surface area (Å²) in [7, 11) is 0. The van der Waals surface area contributed by atoms with Crippen LogP contribution in [-0.2, 0) is 0 Å².